The maximum Gasteiger partial charge on any atom is 0.252 e. The molecular weight excluding hydrogens is 856 g/mol. The summed E-state index contributed by atoms with van der Waals surface area (Å²) < 4.78 is 0. The minimum atomic E-state index is -0.112. The van der Waals surface area contributed by atoms with E-state index in [1.54, 1.807) is 0 Å². The van der Waals surface area contributed by atoms with Crippen molar-refractivity contribution < 1.29 is 0 Å². The van der Waals surface area contributed by atoms with Gasteiger partial charge in [-0.15, -0.1) is 0 Å². The summed E-state index contributed by atoms with van der Waals surface area (Å²) in [4.78, 5) is 5.50. The molecule has 0 N–H and O–H groups in total. The molecule has 0 saturated heterocycles. The molecule has 0 radical (unpaired) electrons. The summed E-state index contributed by atoms with van der Waals surface area (Å²) in [5, 5.41) is 0. The van der Waals surface area contributed by atoms with Gasteiger partial charge in [-0.05, 0) is 215 Å². The maximum absolute atomic E-state index is 2.76. The van der Waals surface area contributed by atoms with Crippen LogP contribution >= 0.6 is 0 Å². The topological polar surface area (TPSA) is 6.48 Å². The molecule has 0 unspecified atom stereocenters. The van der Waals surface area contributed by atoms with E-state index >= 15 is 0 Å². The van der Waals surface area contributed by atoms with E-state index in [0.717, 1.165) is 0 Å². The van der Waals surface area contributed by atoms with E-state index in [1.807, 2.05) is 0 Å². The van der Waals surface area contributed by atoms with Gasteiger partial charge in [0.2, 0.25) is 0 Å². The number of hydrogen-bond acceptors (Lipinski definition) is 2. The molecule has 0 spiro atoms. The Labute approximate surface area is 429 Å². The molecule has 0 aromatic heterocycles. The number of nitrogens with zero attached hydrogens (tertiary/aromatic N) is 2. The molecule has 0 amide bonds. The normalized spacial score (nSPS) is 21.5. The molecule has 0 saturated carbocycles. The minimum absolute atomic E-state index is 0.0474. The van der Waals surface area contributed by atoms with Gasteiger partial charge in [0, 0.05) is 39.5 Å². The Balaban J connectivity index is 1.23. The number of anilines is 6. The fourth-order valence-electron chi connectivity index (χ4n) is 15.2. The van der Waals surface area contributed by atoms with Gasteiger partial charge in [0.1, 0.15) is 0 Å². The SMILES string of the molecule is Cc1cc2c3c(c1)N(c1ccc4c(c1)C(C)(C)CCC4(C)C)c1cc4c(cc1B3c1cc3c(cc1N2c1cc2c(c(C(C)(C)C)c1)C(C)(C)c1ccccc1-2)C(C)(C)CCC3(C)C)C(C)(C)CCC4(C)C. The van der Waals surface area contributed by atoms with Gasteiger partial charge in [-0.25, -0.2) is 0 Å². The van der Waals surface area contributed by atoms with Crippen molar-refractivity contribution in [1.82, 2.24) is 0 Å². The Morgan fingerprint density at radius 1 is 0.408 bits per heavy atom. The van der Waals surface area contributed by atoms with Crippen molar-refractivity contribution in [2.24, 2.45) is 0 Å². The average molecular weight is 937 g/mol. The van der Waals surface area contributed by atoms with Crippen LogP contribution in [-0.2, 0) is 43.3 Å². The van der Waals surface area contributed by atoms with E-state index in [-0.39, 0.29) is 50.0 Å². The zero-order valence-electron chi connectivity index (χ0n) is 46.9. The quantitative estimate of drug-likeness (QED) is 0.159. The highest BCUT2D eigenvalue weighted by Gasteiger charge is 2.50. The number of rotatable bonds is 2. The first-order chi connectivity index (χ1) is 32.9. The molecule has 366 valence electrons. The van der Waals surface area contributed by atoms with E-state index in [9.17, 15) is 0 Å². The Morgan fingerprint density at radius 3 is 1.34 bits per heavy atom. The molecule has 0 bridgehead atoms. The van der Waals surface area contributed by atoms with Crippen molar-refractivity contribution in [2.45, 2.75) is 206 Å². The molecule has 2 nitrogen and oxygen atoms in total. The summed E-state index contributed by atoms with van der Waals surface area (Å²) in [5.74, 6) is 0. The third kappa shape index (κ3) is 6.58. The van der Waals surface area contributed by atoms with Crippen LogP contribution in [0.2, 0.25) is 0 Å². The third-order valence-electron chi connectivity index (χ3n) is 20.0. The standard InChI is InChI=1S/C68H81BN2/c1-40-31-57-60-58(32-40)71(42-33-44-43-21-19-20-22-45(43)68(17,18)59(44)52(35-42)61(2,3)4)56-39-51-49(65(11,12)28-30-67(51,15)16)37-54(56)69(60)53-36-48-50(66(13,14)29-27-64(48,9)10)38-55(53)70(57)41-23-24-46-47(34-41)63(7,8)26-25-62(46,5)6/h19-24,31-39H,25-30H2,1-18H3. The van der Waals surface area contributed by atoms with Crippen molar-refractivity contribution in [1.29, 1.82) is 0 Å². The molecule has 12 rings (SSSR count). The summed E-state index contributed by atoms with van der Waals surface area (Å²) in [6, 6.07) is 38.0. The first-order valence-corrected chi connectivity index (χ1v) is 27.5. The van der Waals surface area contributed by atoms with Gasteiger partial charge in [0.25, 0.3) is 6.71 Å². The molecule has 6 aromatic carbocycles. The lowest BCUT2D eigenvalue weighted by atomic mass is 9.32. The first-order valence-electron chi connectivity index (χ1n) is 27.5. The monoisotopic (exact) mass is 937 g/mol. The molecule has 4 aliphatic carbocycles. The number of aryl methyl sites for hydroxylation is 1. The fourth-order valence-corrected chi connectivity index (χ4v) is 15.2. The maximum atomic E-state index is 2.76. The molecule has 71 heavy (non-hydrogen) atoms. The van der Waals surface area contributed by atoms with Crippen LogP contribution in [0, 0.1) is 6.92 Å². The van der Waals surface area contributed by atoms with Crippen LogP contribution in [-0.4, -0.2) is 6.71 Å². The zero-order valence-corrected chi connectivity index (χ0v) is 46.9. The van der Waals surface area contributed by atoms with Gasteiger partial charge in [0.05, 0.1) is 0 Å². The van der Waals surface area contributed by atoms with Crippen molar-refractivity contribution in [3.05, 3.63) is 147 Å². The summed E-state index contributed by atoms with van der Waals surface area (Å²) in [7, 11) is 0. The molecular formula is C68H81BN2. The van der Waals surface area contributed by atoms with E-state index in [0.29, 0.717) is 0 Å². The molecule has 0 atom stereocenters. The van der Waals surface area contributed by atoms with Crippen molar-refractivity contribution >= 4 is 57.2 Å². The Kier molecular flexibility index (Phi) is 9.53. The Bertz CT molecular complexity index is 3300. The average Bonchev–Trinajstić information content (AvgIpc) is 3.52. The van der Waals surface area contributed by atoms with Crippen molar-refractivity contribution in [3.8, 4) is 11.1 Å². The summed E-state index contributed by atoms with van der Waals surface area (Å²) in [5.41, 5.74) is 30.1. The second-order valence-electron chi connectivity index (χ2n) is 29.1. The van der Waals surface area contributed by atoms with Crippen LogP contribution in [0.15, 0.2) is 91.0 Å². The predicted octanol–water partition coefficient (Wildman–Crippen LogP) is 16.7. The summed E-state index contributed by atoms with van der Waals surface area (Å²) in [6.07, 6.45) is 7.13. The summed E-state index contributed by atoms with van der Waals surface area (Å²) >= 11 is 0. The van der Waals surface area contributed by atoms with Crippen LogP contribution < -0.4 is 26.2 Å². The lowest BCUT2D eigenvalue weighted by molar-refractivity contribution is 0.332. The molecule has 0 fully saturated rings. The zero-order chi connectivity index (χ0) is 50.7. The Hall–Kier alpha value is -5.02. The van der Waals surface area contributed by atoms with Gasteiger partial charge in [-0.3, -0.25) is 0 Å². The van der Waals surface area contributed by atoms with Gasteiger partial charge in [-0.2, -0.15) is 0 Å². The van der Waals surface area contributed by atoms with Gasteiger partial charge >= 0.3 is 0 Å². The van der Waals surface area contributed by atoms with E-state index < -0.39 is 0 Å². The van der Waals surface area contributed by atoms with Crippen LogP contribution in [0.3, 0.4) is 0 Å². The highest BCUT2D eigenvalue weighted by atomic mass is 15.2. The van der Waals surface area contributed by atoms with Crippen LogP contribution in [0.5, 0.6) is 0 Å². The number of hydrogen-bond donors (Lipinski definition) is 0. The molecule has 6 aromatic rings. The van der Waals surface area contributed by atoms with E-state index in [2.05, 4.69) is 225 Å². The van der Waals surface area contributed by atoms with E-state index in [1.165, 1.54) is 156 Å². The lowest BCUT2D eigenvalue weighted by Gasteiger charge is -2.49. The molecule has 2 heterocycles. The van der Waals surface area contributed by atoms with Crippen LogP contribution in [0.1, 0.15) is 212 Å². The second kappa shape index (κ2) is 14.4. The first kappa shape index (κ1) is 47.0. The van der Waals surface area contributed by atoms with Gasteiger partial charge in [0.15, 0.2) is 0 Å². The van der Waals surface area contributed by atoms with Gasteiger partial charge < -0.3 is 9.80 Å². The van der Waals surface area contributed by atoms with Crippen LogP contribution in [0.4, 0.5) is 34.1 Å². The largest absolute Gasteiger partial charge is 0.311 e. The van der Waals surface area contributed by atoms with Crippen LogP contribution in [0.25, 0.3) is 11.1 Å². The van der Waals surface area contributed by atoms with Crippen molar-refractivity contribution in [3.63, 3.8) is 0 Å². The predicted molar refractivity (Wildman–Crippen MR) is 307 cm³/mol. The molecule has 6 aliphatic rings. The Morgan fingerprint density at radius 2 is 0.845 bits per heavy atom. The lowest BCUT2D eigenvalue weighted by Crippen LogP contribution is -2.62. The summed E-state index contributed by atoms with van der Waals surface area (Å²) in [6.45, 7) is 44.6. The van der Waals surface area contributed by atoms with Crippen molar-refractivity contribution in [2.75, 3.05) is 9.80 Å². The minimum Gasteiger partial charge on any atom is -0.311 e. The third-order valence-corrected chi connectivity index (χ3v) is 20.0. The number of fused-ring (bicyclic) bond motifs is 10. The number of benzene rings is 6. The molecule has 2 aliphatic heterocycles. The van der Waals surface area contributed by atoms with Gasteiger partial charge in [-0.1, -0.05) is 160 Å². The highest BCUT2D eigenvalue weighted by molar-refractivity contribution is 7.00. The molecule has 3 heteroatoms. The smallest absolute Gasteiger partial charge is 0.252 e. The van der Waals surface area contributed by atoms with E-state index in [4.69, 9.17) is 0 Å². The highest BCUT2D eigenvalue weighted by Crippen LogP contribution is 2.57. The fraction of sp³-hybridized carbons (Fsp3) is 0.471. The second-order valence-corrected chi connectivity index (χ2v) is 29.1.